The minimum atomic E-state index is -0.590. The largest absolute Gasteiger partial charge is 0.272 e. The quantitative estimate of drug-likeness (QED) is 0.637. The first-order chi connectivity index (χ1) is 12.0. The molecule has 1 saturated heterocycles. The zero-order valence-electron chi connectivity index (χ0n) is 13.0. The molecule has 6 unspecified atom stereocenters. The molecule has 5 aliphatic rings. The van der Waals surface area contributed by atoms with Crippen LogP contribution >= 0.6 is 23.2 Å². The van der Waals surface area contributed by atoms with E-state index in [-0.39, 0.29) is 46.1 Å². The average molecular weight is 377 g/mol. The zero-order chi connectivity index (χ0) is 17.5. The Kier molecular flexibility index (Phi) is 3.13. The number of benzene rings is 1. The fourth-order valence-electron chi connectivity index (χ4n) is 4.90. The first-order valence-corrected chi connectivity index (χ1v) is 9.05. The van der Waals surface area contributed by atoms with E-state index in [0.29, 0.717) is 16.9 Å². The summed E-state index contributed by atoms with van der Waals surface area (Å²) in [6.45, 7) is 0. The van der Waals surface area contributed by atoms with Crippen LogP contribution in [0.1, 0.15) is 16.8 Å². The van der Waals surface area contributed by atoms with Crippen molar-refractivity contribution in [2.45, 2.75) is 6.42 Å². The molecule has 2 bridgehead atoms. The molecule has 1 aliphatic heterocycles. The normalized spacial score (nSPS) is 37.1. The summed E-state index contributed by atoms with van der Waals surface area (Å²) in [4.78, 5) is 38.1. The van der Waals surface area contributed by atoms with Gasteiger partial charge in [-0.2, -0.15) is 5.01 Å². The van der Waals surface area contributed by atoms with Crippen LogP contribution < -0.4 is 5.43 Å². The van der Waals surface area contributed by atoms with Crippen LogP contribution in [-0.4, -0.2) is 22.7 Å². The van der Waals surface area contributed by atoms with Gasteiger partial charge in [0.05, 0.1) is 22.4 Å². The number of carbonyl (C=O) groups is 3. The van der Waals surface area contributed by atoms with E-state index in [4.69, 9.17) is 23.2 Å². The first-order valence-electron chi connectivity index (χ1n) is 8.29. The summed E-state index contributed by atoms with van der Waals surface area (Å²) in [6.07, 6.45) is 5.28. The first kappa shape index (κ1) is 15.4. The Morgan fingerprint density at radius 3 is 2.20 bits per heavy atom. The van der Waals surface area contributed by atoms with E-state index < -0.39 is 5.91 Å². The maximum Gasteiger partial charge on any atom is 0.271 e. The third kappa shape index (κ3) is 2.06. The molecule has 128 valence electrons. The van der Waals surface area contributed by atoms with Gasteiger partial charge in [0.2, 0.25) is 0 Å². The summed E-state index contributed by atoms with van der Waals surface area (Å²) in [7, 11) is 0. The fourth-order valence-corrected chi connectivity index (χ4v) is 5.40. The van der Waals surface area contributed by atoms with E-state index in [1.807, 2.05) is 0 Å². The Morgan fingerprint density at radius 2 is 1.64 bits per heavy atom. The average Bonchev–Trinajstić information content (AvgIpc) is 3.36. The van der Waals surface area contributed by atoms with Crippen molar-refractivity contribution >= 4 is 40.9 Å². The van der Waals surface area contributed by atoms with Gasteiger partial charge >= 0.3 is 0 Å². The smallest absolute Gasteiger partial charge is 0.271 e. The molecule has 4 aliphatic carbocycles. The summed E-state index contributed by atoms with van der Waals surface area (Å²) >= 11 is 11.9. The molecule has 6 rings (SSSR count). The van der Waals surface area contributed by atoms with Crippen LogP contribution in [0.25, 0.3) is 0 Å². The number of carbonyl (C=O) groups excluding carboxylic acids is 3. The van der Waals surface area contributed by atoms with Gasteiger partial charge in [0.1, 0.15) is 0 Å². The molecule has 6 atom stereocenters. The van der Waals surface area contributed by atoms with Gasteiger partial charge < -0.3 is 0 Å². The maximum atomic E-state index is 12.8. The molecule has 25 heavy (non-hydrogen) atoms. The lowest BCUT2D eigenvalue weighted by atomic mass is 9.63. The van der Waals surface area contributed by atoms with Crippen molar-refractivity contribution in [1.82, 2.24) is 10.4 Å². The summed E-state index contributed by atoms with van der Waals surface area (Å²) in [5.74, 6) is -0.595. The Bertz CT molecular complexity index is 832. The van der Waals surface area contributed by atoms with Crippen LogP contribution in [0.3, 0.4) is 0 Å². The molecule has 0 aromatic heterocycles. The number of nitrogens with one attached hydrogen (secondary N) is 1. The van der Waals surface area contributed by atoms with E-state index in [2.05, 4.69) is 17.6 Å². The van der Waals surface area contributed by atoms with Gasteiger partial charge in [-0.1, -0.05) is 35.4 Å². The Balaban J connectivity index is 1.42. The highest BCUT2D eigenvalue weighted by atomic mass is 35.5. The number of halogens is 2. The van der Waals surface area contributed by atoms with E-state index in [0.717, 1.165) is 11.4 Å². The summed E-state index contributed by atoms with van der Waals surface area (Å²) in [5, 5.41) is 1.48. The van der Waals surface area contributed by atoms with Gasteiger partial charge in [-0.25, -0.2) is 0 Å². The molecule has 1 aromatic carbocycles. The Morgan fingerprint density at radius 1 is 1.04 bits per heavy atom. The molecule has 7 heteroatoms. The topological polar surface area (TPSA) is 66.5 Å². The number of amides is 3. The number of hydrogen-bond acceptors (Lipinski definition) is 3. The predicted octanol–water partition coefficient (Wildman–Crippen LogP) is 2.69. The van der Waals surface area contributed by atoms with Gasteiger partial charge in [0, 0.05) is 5.02 Å². The standard InChI is InChI=1S/C18H14Cl2N2O3/c19-7-1-2-10(13(20)5-7)16(23)21-22-17(24)14-8-3-4-9(12-6-11(8)12)15(14)18(22)25/h1-5,8-9,11-12,14-15H,6H2,(H,21,23). The third-order valence-electron chi connectivity index (χ3n) is 6.05. The van der Waals surface area contributed by atoms with E-state index in [1.54, 1.807) is 0 Å². The van der Waals surface area contributed by atoms with Crippen molar-refractivity contribution in [2.75, 3.05) is 0 Å². The SMILES string of the molecule is O=C(NN1C(=O)C2C3C=CC(C4CC34)C2C1=O)c1ccc(Cl)cc1Cl. The summed E-state index contributed by atoms with van der Waals surface area (Å²) in [6, 6.07) is 4.45. The minimum absolute atomic E-state index is 0.123. The Labute approximate surface area is 153 Å². The number of nitrogens with zero attached hydrogens (tertiary/aromatic N) is 1. The Hall–Kier alpha value is -1.85. The molecular formula is C18H14Cl2N2O3. The zero-order valence-corrected chi connectivity index (χ0v) is 14.5. The van der Waals surface area contributed by atoms with Crippen molar-refractivity contribution in [1.29, 1.82) is 0 Å². The highest BCUT2D eigenvalue weighted by Crippen LogP contribution is 2.65. The fraction of sp³-hybridized carbons (Fsp3) is 0.389. The predicted molar refractivity (Wildman–Crippen MR) is 90.5 cm³/mol. The van der Waals surface area contributed by atoms with Gasteiger partial charge in [-0.3, -0.25) is 19.8 Å². The van der Waals surface area contributed by atoms with Crippen LogP contribution in [0, 0.1) is 35.5 Å². The molecule has 3 fully saturated rings. The van der Waals surface area contributed by atoms with Gasteiger partial charge in [-0.05, 0) is 48.3 Å². The van der Waals surface area contributed by atoms with Crippen molar-refractivity contribution in [2.24, 2.45) is 35.5 Å². The van der Waals surface area contributed by atoms with Crippen molar-refractivity contribution in [3.05, 3.63) is 46.0 Å². The highest BCUT2D eigenvalue weighted by Gasteiger charge is 2.67. The number of hydrazine groups is 1. The molecule has 1 aromatic rings. The van der Waals surface area contributed by atoms with E-state index in [9.17, 15) is 14.4 Å². The van der Waals surface area contributed by atoms with Gasteiger partial charge in [-0.15, -0.1) is 0 Å². The number of allylic oxidation sites excluding steroid dienone is 2. The van der Waals surface area contributed by atoms with Gasteiger partial charge in [0.25, 0.3) is 17.7 Å². The van der Waals surface area contributed by atoms with Crippen LogP contribution in [0.15, 0.2) is 30.4 Å². The van der Waals surface area contributed by atoms with Gasteiger partial charge in [0.15, 0.2) is 0 Å². The second-order valence-corrected chi connectivity index (χ2v) is 8.08. The summed E-state index contributed by atoms with van der Waals surface area (Å²) < 4.78 is 0. The second kappa shape index (κ2) is 5.08. The molecule has 2 saturated carbocycles. The molecular weight excluding hydrogens is 363 g/mol. The number of rotatable bonds is 2. The maximum absolute atomic E-state index is 12.8. The molecule has 5 nitrogen and oxygen atoms in total. The van der Waals surface area contributed by atoms with Crippen LogP contribution in [0.4, 0.5) is 0 Å². The van der Waals surface area contributed by atoms with Crippen molar-refractivity contribution in [3.63, 3.8) is 0 Å². The highest BCUT2D eigenvalue weighted by molar-refractivity contribution is 6.36. The molecule has 1 N–H and O–H groups in total. The monoisotopic (exact) mass is 376 g/mol. The molecule has 3 amide bonds. The van der Waals surface area contributed by atoms with E-state index in [1.165, 1.54) is 18.2 Å². The minimum Gasteiger partial charge on any atom is -0.272 e. The number of imide groups is 1. The number of hydrogen-bond donors (Lipinski definition) is 1. The van der Waals surface area contributed by atoms with Crippen LogP contribution in [-0.2, 0) is 9.59 Å². The lowest BCUT2D eigenvalue weighted by Crippen LogP contribution is -2.47. The third-order valence-corrected chi connectivity index (χ3v) is 6.60. The molecule has 1 heterocycles. The van der Waals surface area contributed by atoms with Crippen molar-refractivity contribution < 1.29 is 14.4 Å². The lowest BCUT2D eigenvalue weighted by molar-refractivity contribution is -0.143. The lowest BCUT2D eigenvalue weighted by Gasteiger charge is -2.37. The van der Waals surface area contributed by atoms with Crippen LogP contribution in [0.2, 0.25) is 10.0 Å². The van der Waals surface area contributed by atoms with Crippen molar-refractivity contribution in [3.8, 4) is 0 Å². The van der Waals surface area contributed by atoms with Crippen LogP contribution in [0.5, 0.6) is 0 Å². The molecule has 0 radical (unpaired) electrons. The molecule has 0 spiro atoms. The summed E-state index contributed by atoms with van der Waals surface area (Å²) in [5.41, 5.74) is 2.62. The van der Waals surface area contributed by atoms with E-state index >= 15 is 0 Å². The second-order valence-electron chi connectivity index (χ2n) is 7.23.